The van der Waals surface area contributed by atoms with Gasteiger partial charge in [-0.25, -0.2) is 0 Å². The van der Waals surface area contributed by atoms with Crippen molar-refractivity contribution in [2.24, 2.45) is 16.6 Å². The van der Waals surface area contributed by atoms with Crippen LogP contribution in [0, 0.1) is 10.8 Å². The molecule has 1 aliphatic rings. The summed E-state index contributed by atoms with van der Waals surface area (Å²) in [6, 6.07) is 0. The zero-order valence-corrected chi connectivity index (χ0v) is 7.88. The summed E-state index contributed by atoms with van der Waals surface area (Å²) >= 11 is 0. The van der Waals surface area contributed by atoms with Crippen LogP contribution in [-0.4, -0.2) is 29.5 Å². The Labute approximate surface area is 73.6 Å². The summed E-state index contributed by atoms with van der Waals surface area (Å²) in [5.74, 6) is 0. The molecule has 1 fully saturated rings. The maximum absolute atomic E-state index is 9.24. The van der Waals surface area contributed by atoms with E-state index in [0.717, 1.165) is 12.8 Å². The van der Waals surface area contributed by atoms with E-state index in [9.17, 15) is 10.2 Å². The van der Waals surface area contributed by atoms with Gasteiger partial charge >= 0.3 is 0 Å². The molecule has 0 unspecified atom stereocenters. The molecule has 0 spiro atoms. The molecule has 0 radical (unpaired) electrons. The minimum absolute atomic E-state index is 0.0405. The van der Waals surface area contributed by atoms with Crippen LogP contribution in [0.4, 0.5) is 0 Å². The van der Waals surface area contributed by atoms with Gasteiger partial charge in [0.05, 0.1) is 6.10 Å². The summed E-state index contributed by atoms with van der Waals surface area (Å²) in [4.78, 5) is 0. The summed E-state index contributed by atoms with van der Waals surface area (Å²) in [6.45, 7) is 4.70. The van der Waals surface area contributed by atoms with E-state index in [2.05, 4.69) is 0 Å². The van der Waals surface area contributed by atoms with Crippen molar-refractivity contribution in [1.82, 2.24) is 0 Å². The van der Waals surface area contributed by atoms with Gasteiger partial charge in [0.25, 0.3) is 0 Å². The van der Waals surface area contributed by atoms with Gasteiger partial charge in [-0.3, -0.25) is 0 Å². The summed E-state index contributed by atoms with van der Waals surface area (Å²) in [5.41, 5.74) is 5.46. The molecule has 0 aliphatic heterocycles. The second-order valence-electron chi connectivity index (χ2n) is 4.59. The number of hydrogen-bond donors (Lipinski definition) is 3. The molecule has 1 aliphatic carbocycles. The lowest BCUT2D eigenvalue weighted by molar-refractivity contribution is -0.116. The Morgan fingerprint density at radius 3 is 2.25 bits per heavy atom. The third-order valence-corrected chi connectivity index (χ3v) is 3.47. The van der Waals surface area contributed by atoms with Crippen molar-refractivity contribution < 1.29 is 10.2 Å². The Balaban J connectivity index is 2.69. The van der Waals surface area contributed by atoms with Crippen LogP contribution in [0.15, 0.2) is 0 Å². The van der Waals surface area contributed by atoms with Gasteiger partial charge in [0.2, 0.25) is 0 Å². The van der Waals surface area contributed by atoms with Crippen molar-refractivity contribution in [2.45, 2.75) is 32.8 Å². The molecule has 72 valence electrons. The summed E-state index contributed by atoms with van der Waals surface area (Å²) in [7, 11) is 0. The molecule has 0 amide bonds. The number of rotatable bonds is 3. The highest BCUT2D eigenvalue weighted by molar-refractivity contribution is 5.03. The van der Waals surface area contributed by atoms with Gasteiger partial charge < -0.3 is 15.9 Å². The van der Waals surface area contributed by atoms with E-state index in [1.54, 1.807) is 0 Å². The standard InChI is InChI=1S/C9H19NO2/c1-8(2,6-11)9(5-10)3-7(12)4-9/h7,11-12H,3-6,10H2,1-2H3. The topological polar surface area (TPSA) is 66.5 Å². The van der Waals surface area contributed by atoms with Crippen molar-refractivity contribution >= 4 is 0 Å². The molecule has 0 bridgehead atoms. The van der Waals surface area contributed by atoms with Gasteiger partial charge in [-0.15, -0.1) is 0 Å². The number of nitrogens with two attached hydrogens (primary N) is 1. The molecule has 1 rings (SSSR count). The molecule has 0 aromatic carbocycles. The maximum Gasteiger partial charge on any atom is 0.0552 e. The average molecular weight is 173 g/mol. The van der Waals surface area contributed by atoms with Crippen LogP contribution in [0.5, 0.6) is 0 Å². The molecular formula is C9H19NO2. The van der Waals surface area contributed by atoms with E-state index < -0.39 is 0 Å². The fraction of sp³-hybridized carbons (Fsp3) is 1.00. The third kappa shape index (κ3) is 1.26. The number of aliphatic hydroxyl groups is 2. The van der Waals surface area contributed by atoms with E-state index >= 15 is 0 Å². The molecule has 1 saturated carbocycles. The smallest absolute Gasteiger partial charge is 0.0552 e. The Kier molecular flexibility index (Phi) is 2.47. The van der Waals surface area contributed by atoms with Gasteiger partial charge in [-0.1, -0.05) is 13.8 Å². The van der Waals surface area contributed by atoms with Crippen LogP contribution < -0.4 is 5.73 Å². The minimum Gasteiger partial charge on any atom is -0.396 e. The molecule has 0 atom stereocenters. The normalized spacial score (nSPS) is 36.2. The molecule has 0 heterocycles. The lowest BCUT2D eigenvalue weighted by Gasteiger charge is -2.54. The lowest BCUT2D eigenvalue weighted by atomic mass is 9.53. The zero-order valence-electron chi connectivity index (χ0n) is 7.88. The Bertz CT molecular complexity index is 162. The molecule has 0 saturated heterocycles. The zero-order chi connectivity index (χ0) is 9.41. The quantitative estimate of drug-likeness (QED) is 0.567. The van der Waals surface area contributed by atoms with Gasteiger partial charge in [-0.05, 0) is 30.2 Å². The highest BCUT2D eigenvalue weighted by Crippen LogP contribution is 2.52. The lowest BCUT2D eigenvalue weighted by Crippen LogP contribution is -2.56. The van der Waals surface area contributed by atoms with Crippen molar-refractivity contribution in [3.8, 4) is 0 Å². The summed E-state index contributed by atoms with van der Waals surface area (Å²) in [6.07, 6.45) is 1.26. The first-order valence-corrected chi connectivity index (χ1v) is 4.46. The molecule has 0 aromatic heterocycles. The van der Waals surface area contributed by atoms with Crippen LogP contribution in [0.1, 0.15) is 26.7 Å². The minimum atomic E-state index is -0.209. The van der Waals surface area contributed by atoms with Crippen LogP contribution in [0.3, 0.4) is 0 Å². The van der Waals surface area contributed by atoms with Gasteiger partial charge in [0, 0.05) is 6.61 Å². The van der Waals surface area contributed by atoms with Crippen molar-refractivity contribution in [3.63, 3.8) is 0 Å². The monoisotopic (exact) mass is 173 g/mol. The van der Waals surface area contributed by atoms with E-state index in [0.29, 0.717) is 6.54 Å². The second kappa shape index (κ2) is 2.98. The Morgan fingerprint density at radius 2 is 2.00 bits per heavy atom. The number of hydrogen-bond acceptors (Lipinski definition) is 3. The molecule has 12 heavy (non-hydrogen) atoms. The average Bonchev–Trinajstić information content (AvgIpc) is 1.98. The molecule has 3 heteroatoms. The van der Waals surface area contributed by atoms with Crippen LogP contribution >= 0.6 is 0 Å². The molecule has 4 N–H and O–H groups in total. The fourth-order valence-electron chi connectivity index (χ4n) is 2.01. The maximum atomic E-state index is 9.24. The van der Waals surface area contributed by atoms with E-state index in [1.807, 2.05) is 13.8 Å². The SMILES string of the molecule is CC(C)(CO)C1(CN)CC(O)C1. The van der Waals surface area contributed by atoms with Gasteiger partial charge in [0.1, 0.15) is 0 Å². The van der Waals surface area contributed by atoms with Crippen molar-refractivity contribution in [1.29, 1.82) is 0 Å². The second-order valence-corrected chi connectivity index (χ2v) is 4.59. The van der Waals surface area contributed by atoms with E-state index in [-0.39, 0.29) is 23.5 Å². The largest absolute Gasteiger partial charge is 0.396 e. The highest BCUT2D eigenvalue weighted by Gasteiger charge is 2.52. The first-order chi connectivity index (χ1) is 5.47. The van der Waals surface area contributed by atoms with Gasteiger partial charge in [-0.2, -0.15) is 0 Å². The van der Waals surface area contributed by atoms with Crippen molar-refractivity contribution in [2.75, 3.05) is 13.2 Å². The van der Waals surface area contributed by atoms with E-state index in [4.69, 9.17) is 5.73 Å². The van der Waals surface area contributed by atoms with E-state index in [1.165, 1.54) is 0 Å². The molecular weight excluding hydrogens is 154 g/mol. The first-order valence-electron chi connectivity index (χ1n) is 4.46. The van der Waals surface area contributed by atoms with Crippen LogP contribution in [0.25, 0.3) is 0 Å². The summed E-state index contributed by atoms with van der Waals surface area (Å²) < 4.78 is 0. The van der Waals surface area contributed by atoms with Crippen LogP contribution in [-0.2, 0) is 0 Å². The fourth-order valence-corrected chi connectivity index (χ4v) is 2.01. The third-order valence-electron chi connectivity index (χ3n) is 3.47. The Morgan fingerprint density at radius 1 is 1.50 bits per heavy atom. The predicted molar refractivity (Wildman–Crippen MR) is 47.6 cm³/mol. The first kappa shape index (κ1) is 9.96. The van der Waals surface area contributed by atoms with Gasteiger partial charge in [0.15, 0.2) is 0 Å². The van der Waals surface area contributed by atoms with Crippen molar-refractivity contribution in [3.05, 3.63) is 0 Å². The summed E-state index contributed by atoms with van der Waals surface area (Å²) in [5, 5.41) is 18.4. The Hall–Kier alpha value is -0.120. The number of aliphatic hydroxyl groups excluding tert-OH is 2. The molecule has 0 aromatic rings. The highest BCUT2D eigenvalue weighted by atomic mass is 16.3. The molecule has 3 nitrogen and oxygen atoms in total. The van der Waals surface area contributed by atoms with Crippen LogP contribution in [0.2, 0.25) is 0 Å². The predicted octanol–water partition coefficient (Wildman–Crippen LogP) is 0.105.